The van der Waals surface area contributed by atoms with Crippen LogP contribution in [0.15, 0.2) is 44.6 Å². The van der Waals surface area contributed by atoms with E-state index in [2.05, 4.69) is 24.3 Å². The Bertz CT molecular complexity index is 1580. The summed E-state index contributed by atoms with van der Waals surface area (Å²) in [6.07, 6.45) is 15.9. The minimum absolute atomic E-state index is 0.108. The van der Waals surface area contributed by atoms with E-state index in [4.69, 9.17) is 9.47 Å². The van der Waals surface area contributed by atoms with Crippen LogP contribution in [0.5, 0.6) is 0 Å². The molecule has 6 fully saturated rings. The van der Waals surface area contributed by atoms with Gasteiger partial charge in [0.05, 0.1) is 13.2 Å². The first kappa shape index (κ1) is 34.3. The molecule has 0 amide bonds. The summed E-state index contributed by atoms with van der Waals surface area (Å²) in [4.78, 5) is 25.3. The molecule has 8 aliphatic carbocycles. The second-order valence-corrected chi connectivity index (χ2v) is 15.8. The number of fused-ring (bicyclic) bond motifs is 10. The van der Waals surface area contributed by atoms with Gasteiger partial charge in [-0.25, -0.2) is 9.59 Å². The van der Waals surface area contributed by atoms with Crippen LogP contribution in [0.25, 0.3) is 0 Å². The second kappa shape index (κ2) is 14.2. The summed E-state index contributed by atoms with van der Waals surface area (Å²) in [5.74, 6) is 3.60. The Kier molecular flexibility index (Phi) is 9.77. The number of nitrogens with zero attached hydrogens (tertiary/aromatic N) is 4. The smallest absolute Gasteiger partial charge is 0.334 e. The Hall–Kier alpha value is -4.14. The Morgan fingerprint density at radius 1 is 0.580 bits per heavy atom. The highest BCUT2D eigenvalue weighted by molar-refractivity contribution is 5.94. The molecule has 260 valence electrons. The maximum Gasteiger partial charge on any atom is 0.334 e. The lowest BCUT2D eigenvalue weighted by molar-refractivity contribution is -0.141. The van der Waals surface area contributed by atoms with E-state index in [0.717, 1.165) is 48.0 Å². The molecule has 0 aliphatic heterocycles. The number of allylic oxidation sites excluding steroid dienone is 6. The molecule has 0 aromatic heterocycles. The topological polar surface area (TPSA) is 148 Å². The van der Waals surface area contributed by atoms with Crippen molar-refractivity contribution in [3.05, 3.63) is 44.6 Å². The SMILES string of the molecule is CCOC(=O)C1=C(C2CCCCC2)[C@@H]2[C@H]1[C@H]1CC(=C(C#N)C#N)[C@@H]2C1.CCOC(=O)C1=C(C2CCCCC2)[C@@H]2[C@H]1[C@H]1CC(=C(C#N)C#N)[C@@H]2C1. The number of nitriles is 4. The molecule has 0 aromatic rings. The van der Waals surface area contributed by atoms with Gasteiger partial charge < -0.3 is 9.47 Å². The first-order valence-corrected chi connectivity index (χ1v) is 19.3. The summed E-state index contributed by atoms with van der Waals surface area (Å²) >= 11 is 0. The van der Waals surface area contributed by atoms with E-state index < -0.39 is 0 Å². The number of carbonyl (C=O) groups excluding carboxylic acids is 2. The van der Waals surface area contributed by atoms with E-state index in [1.807, 2.05) is 13.8 Å². The average Bonchev–Trinajstić information content (AvgIpc) is 3.85. The summed E-state index contributed by atoms with van der Waals surface area (Å²) in [7, 11) is 0. The lowest BCUT2D eigenvalue weighted by Gasteiger charge is -2.48. The molecule has 0 saturated heterocycles. The van der Waals surface area contributed by atoms with Gasteiger partial charge in [-0.05, 0) is 124 Å². The Balaban J connectivity index is 0.000000157. The third-order valence-electron chi connectivity index (χ3n) is 13.8. The first-order chi connectivity index (χ1) is 24.4. The van der Waals surface area contributed by atoms with E-state index in [-0.39, 0.29) is 11.9 Å². The van der Waals surface area contributed by atoms with Gasteiger partial charge in [0.1, 0.15) is 35.4 Å². The van der Waals surface area contributed by atoms with Gasteiger partial charge in [0.15, 0.2) is 0 Å². The molecule has 0 unspecified atom stereocenters. The molecule has 0 radical (unpaired) electrons. The molecule has 8 aliphatic rings. The van der Waals surface area contributed by atoms with E-state index in [0.29, 0.717) is 83.5 Å². The Morgan fingerprint density at radius 2 is 0.940 bits per heavy atom. The molecule has 4 bridgehead atoms. The van der Waals surface area contributed by atoms with Crippen LogP contribution in [-0.2, 0) is 19.1 Å². The second-order valence-electron chi connectivity index (χ2n) is 15.8. The summed E-state index contributed by atoms with van der Waals surface area (Å²) in [6.45, 7) is 4.57. The van der Waals surface area contributed by atoms with Crippen LogP contribution in [0, 0.1) is 105 Å². The van der Waals surface area contributed by atoms with Crippen LogP contribution in [-0.4, -0.2) is 25.2 Å². The molecule has 8 nitrogen and oxygen atoms in total. The van der Waals surface area contributed by atoms with Crippen LogP contribution in [0.1, 0.15) is 104 Å². The van der Waals surface area contributed by atoms with Crippen LogP contribution < -0.4 is 0 Å². The van der Waals surface area contributed by atoms with Gasteiger partial charge in [-0.15, -0.1) is 0 Å². The summed E-state index contributed by atoms with van der Waals surface area (Å²) < 4.78 is 10.8. The van der Waals surface area contributed by atoms with Gasteiger partial charge in [0, 0.05) is 23.0 Å². The molecule has 0 heterocycles. The van der Waals surface area contributed by atoms with Crippen molar-refractivity contribution in [3.8, 4) is 24.3 Å². The number of ether oxygens (including phenoxy) is 2. The average molecular weight is 673 g/mol. The van der Waals surface area contributed by atoms with Gasteiger partial charge in [-0.3, -0.25) is 0 Å². The fourth-order valence-corrected chi connectivity index (χ4v) is 12.2. The molecule has 0 spiro atoms. The fraction of sp³-hybridized carbons (Fsp3) is 0.667. The number of hydrogen-bond donors (Lipinski definition) is 0. The lowest BCUT2D eigenvalue weighted by Crippen LogP contribution is -2.43. The van der Waals surface area contributed by atoms with Crippen molar-refractivity contribution in [2.24, 2.45) is 59.2 Å². The van der Waals surface area contributed by atoms with Crippen molar-refractivity contribution in [1.29, 1.82) is 21.0 Å². The minimum atomic E-state index is -0.108. The van der Waals surface area contributed by atoms with Gasteiger partial charge in [0.25, 0.3) is 0 Å². The van der Waals surface area contributed by atoms with Crippen LogP contribution >= 0.6 is 0 Å². The summed E-state index contributed by atoms with van der Waals surface area (Å²) in [5.41, 5.74) is 7.38. The van der Waals surface area contributed by atoms with Crippen molar-refractivity contribution in [2.75, 3.05) is 13.2 Å². The standard InChI is InChI=1S/2C21H24N2O2/c2*1-2-25-21(24)20-17(12-6-4-3-5-7-12)19-16-9-13(18(19)20)8-15(16)14(10-22)11-23/h2*12-13,16,18-19H,2-9H2,1H3/t2*13-,16-,18+,19+/m00/s1. The van der Waals surface area contributed by atoms with Crippen LogP contribution in [0.2, 0.25) is 0 Å². The molecular formula is C42H48N4O4. The number of carbonyl (C=O) groups is 2. The Morgan fingerprint density at radius 3 is 1.26 bits per heavy atom. The van der Waals surface area contributed by atoms with Crippen molar-refractivity contribution in [3.63, 3.8) is 0 Å². The highest BCUT2D eigenvalue weighted by atomic mass is 16.5. The van der Waals surface area contributed by atoms with E-state index in [1.165, 1.54) is 75.4 Å². The largest absolute Gasteiger partial charge is 0.463 e. The molecule has 8 rings (SSSR count). The maximum atomic E-state index is 12.6. The maximum absolute atomic E-state index is 12.6. The fourth-order valence-electron chi connectivity index (χ4n) is 12.2. The van der Waals surface area contributed by atoms with Crippen LogP contribution in [0.3, 0.4) is 0 Å². The molecular weight excluding hydrogens is 624 g/mol. The highest BCUT2D eigenvalue weighted by Crippen LogP contribution is 2.69. The third-order valence-corrected chi connectivity index (χ3v) is 13.8. The normalized spacial score (nSPS) is 33.3. The van der Waals surface area contributed by atoms with E-state index in [1.54, 1.807) is 0 Å². The number of hydrogen-bond acceptors (Lipinski definition) is 8. The quantitative estimate of drug-likeness (QED) is 0.203. The van der Waals surface area contributed by atoms with Gasteiger partial charge in [0.2, 0.25) is 0 Å². The zero-order valence-corrected chi connectivity index (χ0v) is 29.5. The first-order valence-electron chi connectivity index (χ1n) is 19.3. The van der Waals surface area contributed by atoms with Gasteiger partial charge in [-0.1, -0.05) is 49.7 Å². The Labute approximate surface area is 296 Å². The van der Waals surface area contributed by atoms with Crippen molar-refractivity contribution >= 4 is 11.9 Å². The van der Waals surface area contributed by atoms with Crippen LogP contribution in [0.4, 0.5) is 0 Å². The predicted octanol–water partition coefficient (Wildman–Crippen LogP) is 8.11. The lowest BCUT2D eigenvalue weighted by atomic mass is 9.55. The number of rotatable bonds is 6. The monoisotopic (exact) mass is 672 g/mol. The minimum Gasteiger partial charge on any atom is -0.463 e. The van der Waals surface area contributed by atoms with Crippen molar-refractivity contribution in [2.45, 2.75) is 104 Å². The summed E-state index contributed by atoms with van der Waals surface area (Å²) in [5, 5.41) is 37.2. The molecule has 0 N–H and O–H groups in total. The molecule has 50 heavy (non-hydrogen) atoms. The molecule has 8 atom stereocenters. The molecule has 6 saturated carbocycles. The van der Waals surface area contributed by atoms with Gasteiger partial charge in [-0.2, -0.15) is 21.0 Å². The van der Waals surface area contributed by atoms with E-state index in [9.17, 15) is 30.6 Å². The summed E-state index contributed by atoms with van der Waals surface area (Å²) in [6, 6.07) is 8.39. The van der Waals surface area contributed by atoms with E-state index >= 15 is 0 Å². The molecule has 0 aromatic carbocycles. The zero-order valence-electron chi connectivity index (χ0n) is 29.5. The predicted molar refractivity (Wildman–Crippen MR) is 183 cm³/mol. The highest BCUT2D eigenvalue weighted by Gasteiger charge is 2.63. The number of esters is 2. The van der Waals surface area contributed by atoms with Gasteiger partial charge >= 0.3 is 11.9 Å². The zero-order chi connectivity index (χ0) is 35.1. The molecule has 8 heteroatoms. The third kappa shape index (κ3) is 5.43. The van der Waals surface area contributed by atoms with Crippen molar-refractivity contribution in [1.82, 2.24) is 0 Å². The van der Waals surface area contributed by atoms with Crippen molar-refractivity contribution < 1.29 is 19.1 Å².